The van der Waals surface area contributed by atoms with Gasteiger partial charge in [-0.1, -0.05) is 20.8 Å². The number of fused-ring (bicyclic) bond motifs is 8. The van der Waals surface area contributed by atoms with Crippen molar-refractivity contribution < 1.29 is 15.3 Å². The van der Waals surface area contributed by atoms with Crippen molar-refractivity contribution in [1.29, 1.82) is 0 Å². The van der Waals surface area contributed by atoms with Gasteiger partial charge in [0.25, 0.3) is 0 Å². The molecule has 31 heavy (non-hydrogen) atoms. The van der Waals surface area contributed by atoms with Crippen molar-refractivity contribution in [1.82, 2.24) is 4.90 Å². The molecule has 6 aliphatic rings. The number of aliphatic hydroxyl groups excluding tert-OH is 2. The van der Waals surface area contributed by atoms with Gasteiger partial charge in [-0.3, -0.25) is 4.90 Å². The van der Waals surface area contributed by atoms with Crippen LogP contribution in [0.3, 0.4) is 0 Å². The molecule has 0 amide bonds. The maximum Gasteiger partial charge on any atom is 0.0711 e. The van der Waals surface area contributed by atoms with Crippen molar-refractivity contribution in [3.8, 4) is 0 Å². The van der Waals surface area contributed by atoms with E-state index in [0.29, 0.717) is 17.8 Å². The van der Waals surface area contributed by atoms with Gasteiger partial charge in [0.1, 0.15) is 0 Å². The SMILES string of the molecule is C[C@@H]1CC[C@@H]2[C@H](C)[C@@H]3CC[C@]4(O)[C@H](C[C@@H]5[C@@H]4C[C@H](O)[C@@H]4C[C@H](O)CC[C@@]54C)[C@H]3CN2C1. The van der Waals surface area contributed by atoms with Gasteiger partial charge in [-0.2, -0.15) is 0 Å². The summed E-state index contributed by atoms with van der Waals surface area (Å²) in [6.45, 7) is 9.76. The van der Waals surface area contributed by atoms with E-state index in [1.165, 1.54) is 32.4 Å². The number of hydrogen-bond donors (Lipinski definition) is 3. The van der Waals surface area contributed by atoms with E-state index in [-0.39, 0.29) is 29.5 Å². The molecule has 0 aromatic heterocycles. The number of nitrogens with zero attached hydrogens (tertiary/aromatic N) is 1. The summed E-state index contributed by atoms with van der Waals surface area (Å²) in [5.41, 5.74) is -0.503. The van der Waals surface area contributed by atoms with Crippen LogP contribution in [0.5, 0.6) is 0 Å². The standard InChI is InChI=1S/C27H45NO3/c1-15-4-5-24-16(2)18-7-9-27(31)20(19(18)14-28(24)13-15)11-21-22(27)12-25(30)23-10-17(29)6-8-26(21,23)3/h15-25,29-31H,4-14H2,1-3H3/t15-,16-,17-,18+,19+,20-,21-,22+,23+,24-,25+,26+,27+/m1/s1. The molecule has 4 aliphatic carbocycles. The highest BCUT2D eigenvalue weighted by Crippen LogP contribution is 2.68. The van der Waals surface area contributed by atoms with Crippen LogP contribution in [0.4, 0.5) is 0 Å². The van der Waals surface area contributed by atoms with Gasteiger partial charge >= 0.3 is 0 Å². The van der Waals surface area contributed by atoms with Gasteiger partial charge in [0.15, 0.2) is 0 Å². The Morgan fingerprint density at radius 1 is 0.774 bits per heavy atom. The van der Waals surface area contributed by atoms with Crippen molar-refractivity contribution in [2.24, 2.45) is 52.8 Å². The van der Waals surface area contributed by atoms with E-state index in [4.69, 9.17) is 0 Å². The van der Waals surface area contributed by atoms with Gasteiger partial charge in [-0.15, -0.1) is 0 Å². The summed E-state index contributed by atoms with van der Waals surface area (Å²) in [7, 11) is 0. The topological polar surface area (TPSA) is 63.9 Å². The zero-order valence-electron chi connectivity index (χ0n) is 19.9. The lowest BCUT2D eigenvalue weighted by Gasteiger charge is -2.59. The molecule has 0 unspecified atom stereocenters. The predicted molar refractivity (Wildman–Crippen MR) is 121 cm³/mol. The molecular formula is C27H45NO3. The van der Waals surface area contributed by atoms with Crippen LogP contribution in [0.1, 0.15) is 78.6 Å². The van der Waals surface area contributed by atoms with Gasteiger partial charge in [0, 0.05) is 19.1 Å². The van der Waals surface area contributed by atoms with Gasteiger partial charge in [-0.05, 0) is 111 Å². The van der Waals surface area contributed by atoms with E-state index in [2.05, 4.69) is 25.7 Å². The molecule has 6 fully saturated rings. The molecular weight excluding hydrogens is 386 g/mol. The third-order valence-electron chi connectivity index (χ3n) is 12.1. The third kappa shape index (κ3) is 2.93. The van der Waals surface area contributed by atoms with E-state index in [0.717, 1.165) is 62.3 Å². The second-order valence-electron chi connectivity index (χ2n) is 13.3. The Hall–Kier alpha value is -0.160. The molecule has 2 heterocycles. The zero-order valence-corrected chi connectivity index (χ0v) is 19.9. The van der Waals surface area contributed by atoms with Gasteiger partial charge in [0.05, 0.1) is 17.8 Å². The number of hydrogen-bond acceptors (Lipinski definition) is 4. The lowest BCUT2D eigenvalue weighted by Crippen LogP contribution is -2.62. The van der Waals surface area contributed by atoms with Crippen LogP contribution in [0, 0.1) is 52.8 Å². The summed E-state index contributed by atoms with van der Waals surface area (Å²) in [4.78, 5) is 2.81. The monoisotopic (exact) mass is 431 g/mol. The van der Waals surface area contributed by atoms with Gasteiger partial charge in [-0.25, -0.2) is 0 Å². The first-order valence-corrected chi connectivity index (χ1v) is 13.5. The second-order valence-corrected chi connectivity index (χ2v) is 13.3. The predicted octanol–water partition coefficient (Wildman–Crippen LogP) is 3.68. The Morgan fingerprint density at radius 3 is 2.39 bits per heavy atom. The van der Waals surface area contributed by atoms with Crippen LogP contribution in [0.2, 0.25) is 0 Å². The van der Waals surface area contributed by atoms with Crippen LogP contribution >= 0.6 is 0 Å². The summed E-state index contributed by atoms with van der Waals surface area (Å²) < 4.78 is 0. The fraction of sp³-hybridized carbons (Fsp3) is 1.00. The first-order chi connectivity index (χ1) is 14.7. The molecule has 3 N–H and O–H groups in total. The van der Waals surface area contributed by atoms with Crippen LogP contribution in [0.25, 0.3) is 0 Å². The van der Waals surface area contributed by atoms with E-state index >= 15 is 0 Å². The summed E-state index contributed by atoms with van der Waals surface area (Å²) >= 11 is 0. The molecule has 2 aliphatic heterocycles. The molecule has 2 saturated heterocycles. The fourth-order valence-corrected chi connectivity index (χ4v) is 10.6. The Labute approximate surface area is 188 Å². The fourth-order valence-electron chi connectivity index (χ4n) is 10.6. The molecule has 0 aromatic rings. The smallest absolute Gasteiger partial charge is 0.0711 e. The van der Waals surface area contributed by atoms with Crippen LogP contribution in [0.15, 0.2) is 0 Å². The number of piperidine rings is 2. The third-order valence-corrected chi connectivity index (χ3v) is 12.1. The normalized spacial score (nSPS) is 61.5. The summed E-state index contributed by atoms with van der Waals surface area (Å²) in [6.07, 6.45) is 8.78. The molecule has 0 bridgehead atoms. The van der Waals surface area contributed by atoms with Crippen LogP contribution in [-0.2, 0) is 0 Å². The van der Waals surface area contributed by atoms with Crippen molar-refractivity contribution in [3.05, 3.63) is 0 Å². The second kappa shape index (κ2) is 7.17. The summed E-state index contributed by atoms with van der Waals surface area (Å²) in [5.74, 6) is 4.30. The van der Waals surface area contributed by atoms with Gasteiger partial charge < -0.3 is 15.3 Å². The van der Waals surface area contributed by atoms with Crippen LogP contribution in [-0.4, -0.2) is 57.2 Å². The average molecular weight is 432 g/mol. The minimum Gasteiger partial charge on any atom is -0.393 e. The molecule has 13 atom stereocenters. The number of rotatable bonds is 0. The highest BCUT2D eigenvalue weighted by Gasteiger charge is 2.67. The van der Waals surface area contributed by atoms with Crippen molar-refractivity contribution in [3.63, 3.8) is 0 Å². The quantitative estimate of drug-likeness (QED) is 0.547. The molecule has 4 heteroatoms. The van der Waals surface area contributed by atoms with Crippen molar-refractivity contribution >= 4 is 0 Å². The first-order valence-electron chi connectivity index (χ1n) is 13.5. The van der Waals surface area contributed by atoms with Gasteiger partial charge in [0.2, 0.25) is 0 Å². The highest BCUT2D eigenvalue weighted by molar-refractivity contribution is 5.17. The minimum absolute atomic E-state index is 0.0760. The van der Waals surface area contributed by atoms with E-state index in [1.54, 1.807) is 0 Å². The Bertz CT molecular complexity index is 713. The van der Waals surface area contributed by atoms with Crippen LogP contribution < -0.4 is 0 Å². The molecule has 4 nitrogen and oxygen atoms in total. The maximum absolute atomic E-state index is 12.3. The molecule has 6 rings (SSSR count). The summed E-state index contributed by atoms with van der Waals surface area (Å²) in [5, 5.41) is 33.8. The Morgan fingerprint density at radius 2 is 1.58 bits per heavy atom. The minimum atomic E-state index is -0.579. The van der Waals surface area contributed by atoms with Crippen molar-refractivity contribution in [2.75, 3.05) is 13.1 Å². The van der Waals surface area contributed by atoms with Crippen molar-refractivity contribution in [2.45, 2.75) is 102 Å². The molecule has 0 spiro atoms. The maximum atomic E-state index is 12.3. The molecule has 176 valence electrons. The van der Waals surface area contributed by atoms with E-state index in [1.807, 2.05) is 0 Å². The average Bonchev–Trinajstić information content (AvgIpc) is 3.03. The number of aliphatic hydroxyl groups is 3. The van der Waals surface area contributed by atoms with E-state index < -0.39 is 5.60 Å². The highest BCUT2D eigenvalue weighted by atomic mass is 16.3. The zero-order chi connectivity index (χ0) is 21.7. The molecule has 4 saturated carbocycles. The largest absolute Gasteiger partial charge is 0.393 e. The lowest BCUT2D eigenvalue weighted by atomic mass is 9.50. The Kier molecular flexibility index (Phi) is 4.94. The molecule has 0 aromatic carbocycles. The Balaban J connectivity index is 1.32. The molecule has 0 radical (unpaired) electrons. The van der Waals surface area contributed by atoms with E-state index in [9.17, 15) is 15.3 Å². The summed E-state index contributed by atoms with van der Waals surface area (Å²) in [6, 6.07) is 0.760. The first kappa shape index (κ1) is 21.4. The lowest BCUT2D eigenvalue weighted by molar-refractivity contribution is -0.176.